The third kappa shape index (κ3) is 4.93. The predicted octanol–water partition coefficient (Wildman–Crippen LogP) is 13.6. The van der Waals surface area contributed by atoms with Gasteiger partial charge >= 0.3 is 0 Å². The Hall–Kier alpha value is -6.70. The average molecular weight is 662 g/mol. The van der Waals surface area contributed by atoms with Gasteiger partial charge in [0.15, 0.2) is 0 Å². The lowest BCUT2D eigenvalue weighted by molar-refractivity contribution is 1.05. The van der Waals surface area contributed by atoms with Gasteiger partial charge in [0.2, 0.25) is 0 Å². The number of allylic oxidation sites excluding steroid dienone is 1. The summed E-state index contributed by atoms with van der Waals surface area (Å²) in [6.07, 6.45) is 0. The zero-order chi connectivity index (χ0) is 34.4. The first-order valence-electron chi connectivity index (χ1n) is 18.1. The van der Waals surface area contributed by atoms with Crippen LogP contribution in [0, 0.1) is 0 Å². The van der Waals surface area contributed by atoms with Gasteiger partial charge in [0.25, 0.3) is 0 Å². The van der Waals surface area contributed by atoms with Crippen LogP contribution in [0.2, 0.25) is 0 Å². The largest absolute Gasteiger partial charge is 0.311 e. The first-order chi connectivity index (χ1) is 25.8. The molecule has 0 saturated carbocycles. The zero-order valence-electron chi connectivity index (χ0n) is 28.7. The molecule has 2 aliphatic rings. The fraction of sp³-hybridized carbons (Fsp3) is 0.0196. The zero-order valence-corrected chi connectivity index (χ0v) is 28.7. The Morgan fingerprint density at radius 3 is 1.38 bits per heavy atom. The van der Waals surface area contributed by atoms with Crippen molar-refractivity contribution in [1.82, 2.24) is 0 Å². The van der Waals surface area contributed by atoms with Crippen molar-refractivity contribution in [2.45, 2.75) is 5.92 Å². The maximum atomic E-state index is 2.34. The smallest absolute Gasteiger partial charge is 0.0462 e. The number of para-hydroxylation sites is 1. The molecule has 0 aliphatic heterocycles. The number of fused-ring (bicyclic) bond motifs is 8. The van der Waals surface area contributed by atoms with Gasteiger partial charge in [-0.2, -0.15) is 0 Å². The van der Waals surface area contributed by atoms with Crippen LogP contribution < -0.4 is 4.90 Å². The topological polar surface area (TPSA) is 3.24 Å². The molecule has 0 aromatic heterocycles. The van der Waals surface area contributed by atoms with Gasteiger partial charge in [-0.15, -0.1) is 0 Å². The summed E-state index contributed by atoms with van der Waals surface area (Å²) in [6, 6.07) is 75.1. The third-order valence-corrected chi connectivity index (χ3v) is 10.7. The molecule has 0 fully saturated rings. The molecule has 1 heteroatoms. The second kappa shape index (κ2) is 12.6. The fourth-order valence-corrected chi connectivity index (χ4v) is 8.48. The molecule has 8 aromatic rings. The number of rotatable bonds is 6. The molecule has 1 atom stereocenters. The van der Waals surface area contributed by atoms with Crippen LogP contribution in [0.5, 0.6) is 0 Å². The van der Waals surface area contributed by atoms with E-state index in [9.17, 15) is 0 Å². The molecule has 10 rings (SSSR count). The van der Waals surface area contributed by atoms with E-state index in [1.165, 1.54) is 72.3 Å². The molecule has 0 bridgehead atoms. The second-order valence-electron chi connectivity index (χ2n) is 13.6. The van der Waals surface area contributed by atoms with Gasteiger partial charge < -0.3 is 4.90 Å². The van der Waals surface area contributed by atoms with Crippen LogP contribution in [0.1, 0.15) is 33.7 Å². The van der Waals surface area contributed by atoms with Crippen molar-refractivity contribution in [3.8, 4) is 33.4 Å². The van der Waals surface area contributed by atoms with E-state index in [4.69, 9.17) is 0 Å². The van der Waals surface area contributed by atoms with Crippen LogP contribution in [-0.2, 0) is 0 Å². The minimum Gasteiger partial charge on any atom is -0.311 e. The second-order valence-corrected chi connectivity index (χ2v) is 13.6. The van der Waals surface area contributed by atoms with E-state index in [0.29, 0.717) is 0 Å². The molecule has 0 radical (unpaired) electrons. The van der Waals surface area contributed by atoms with Crippen LogP contribution in [0.3, 0.4) is 0 Å². The monoisotopic (exact) mass is 661 g/mol. The van der Waals surface area contributed by atoms with Gasteiger partial charge in [-0.3, -0.25) is 0 Å². The molecular weight excluding hydrogens is 627 g/mol. The number of nitrogens with zero attached hydrogens (tertiary/aromatic N) is 1. The Labute approximate surface area is 305 Å². The predicted molar refractivity (Wildman–Crippen MR) is 218 cm³/mol. The van der Waals surface area contributed by atoms with E-state index in [2.05, 4.69) is 211 Å². The normalized spacial score (nSPS) is 13.9. The van der Waals surface area contributed by atoms with Crippen molar-refractivity contribution in [3.63, 3.8) is 0 Å². The van der Waals surface area contributed by atoms with E-state index in [1.54, 1.807) is 0 Å². The number of hydrogen-bond acceptors (Lipinski definition) is 1. The molecular formula is C51H35N. The molecule has 0 amide bonds. The summed E-state index contributed by atoms with van der Waals surface area (Å²) in [4.78, 5) is 2.34. The van der Waals surface area contributed by atoms with Crippen molar-refractivity contribution in [1.29, 1.82) is 0 Å². The van der Waals surface area contributed by atoms with Crippen LogP contribution in [-0.4, -0.2) is 0 Å². The quantitative estimate of drug-likeness (QED) is 0.171. The summed E-state index contributed by atoms with van der Waals surface area (Å²) in [5.74, 6) is 0.169. The third-order valence-electron chi connectivity index (χ3n) is 10.7. The van der Waals surface area contributed by atoms with E-state index in [0.717, 1.165) is 17.1 Å². The van der Waals surface area contributed by atoms with Gasteiger partial charge in [-0.05, 0) is 109 Å². The first-order valence-corrected chi connectivity index (χ1v) is 18.1. The highest BCUT2D eigenvalue weighted by Gasteiger charge is 2.40. The number of hydrogen-bond donors (Lipinski definition) is 0. The van der Waals surface area contributed by atoms with Gasteiger partial charge in [0.1, 0.15) is 0 Å². The van der Waals surface area contributed by atoms with Crippen molar-refractivity contribution < 1.29 is 0 Å². The van der Waals surface area contributed by atoms with Crippen LogP contribution >= 0.6 is 0 Å². The highest BCUT2D eigenvalue weighted by atomic mass is 15.1. The van der Waals surface area contributed by atoms with Crippen molar-refractivity contribution in [2.75, 3.05) is 4.90 Å². The maximum Gasteiger partial charge on any atom is 0.0462 e. The highest BCUT2D eigenvalue weighted by molar-refractivity contribution is 6.14. The average Bonchev–Trinajstić information content (AvgIpc) is 3.58. The lowest BCUT2D eigenvalue weighted by Crippen LogP contribution is -2.11. The summed E-state index contributed by atoms with van der Waals surface area (Å²) < 4.78 is 0. The van der Waals surface area contributed by atoms with E-state index in [1.807, 2.05) is 0 Å². The molecule has 1 nitrogen and oxygen atoms in total. The molecule has 0 N–H and O–H groups in total. The summed E-state index contributed by atoms with van der Waals surface area (Å²) in [7, 11) is 0. The van der Waals surface area contributed by atoms with Gasteiger partial charge in [-0.1, -0.05) is 170 Å². The molecule has 2 aliphatic carbocycles. The molecule has 1 unspecified atom stereocenters. The molecule has 8 aromatic carbocycles. The standard InChI is InChI=1S/C51H35N/c1-4-15-35(16-5-1)36-27-31-40(32-28-36)52(39-19-8-3-9-20-39)41-33-29-37(30-34-41)42-25-14-26-45-43-21-10-11-22-44(43)50-47-24-13-12-23-46(47)48(51(50)49(42)45)38-17-6-2-7-18-38/h1-34,50H. The fourth-order valence-electron chi connectivity index (χ4n) is 8.48. The van der Waals surface area contributed by atoms with Crippen molar-refractivity contribution in [2.24, 2.45) is 0 Å². The highest BCUT2D eigenvalue weighted by Crippen LogP contribution is 2.60. The Morgan fingerprint density at radius 1 is 0.288 bits per heavy atom. The van der Waals surface area contributed by atoms with Gasteiger partial charge in [0.05, 0.1) is 0 Å². The molecule has 244 valence electrons. The Kier molecular flexibility index (Phi) is 7.29. The summed E-state index contributed by atoms with van der Waals surface area (Å²) in [6.45, 7) is 0. The Morgan fingerprint density at radius 2 is 0.731 bits per heavy atom. The van der Waals surface area contributed by atoms with Crippen LogP contribution in [0.4, 0.5) is 17.1 Å². The lowest BCUT2D eigenvalue weighted by Gasteiger charge is -2.31. The maximum absolute atomic E-state index is 2.34. The van der Waals surface area contributed by atoms with Crippen LogP contribution in [0.15, 0.2) is 206 Å². The lowest BCUT2D eigenvalue weighted by atomic mass is 9.72. The summed E-state index contributed by atoms with van der Waals surface area (Å²) >= 11 is 0. The van der Waals surface area contributed by atoms with Crippen LogP contribution in [0.25, 0.3) is 44.5 Å². The minimum atomic E-state index is 0.169. The molecule has 0 heterocycles. The molecule has 0 saturated heterocycles. The minimum absolute atomic E-state index is 0.169. The van der Waals surface area contributed by atoms with Crippen molar-refractivity contribution >= 4 is 28.2 Å². The first kappa shape index (κ1) is 30.2. The SMILES string of the molecule is c1ccc(C2=C3c4c(-c5ccc(N(c6ccccc6)c6ccc(-c7ccccc7)cc6)cc5)cccc4-c4ccccc4C3c3ccccc32)cc1. The Bertz CT molecular complexity index is 2580. The van der Waals surface area contributed by atoms with Gasteiger partial charge in [0, 0.05) is 23.0 Å². The number of benzene rings is 8. The summed E-state index contributed by atoms with van der Waals surface area (Å²) in [5, 5.41) is 0. The summed E-state index contributed by atoms with van der Waals surface area (Å²) in [5.41, 5.74) is 20.3. The van der Waals surface area contributed by atoms with Crippen molar-refractivity contribution in [3.05, 3.63) is 234 Å². The van der Waals surface area contributed by atoms with Gasteiger partial charge in [-0.25, -0.2) is 0 Å². The molecule has 52 heavy (non-hydrogen) atoms. The number of anilines is 3. The molecule has 0 spiro atoms. The van der Waals surface area contributed by atoms with E-state index in [-0.39, 0.29) is 5.92 Å². The van der Waals surface area contributed by atoms with E-state index >= 15 is 0 Å². The Balaban J connectivity index is 1.13. The van der Waals surface area contributed by atoms with E-state index < -0.39 is 0 Å².